The van der Waals surface area contributed by atoms with E-state index in [1.807, 2.05) is 16.7 Å². The van der Waals surface area contributed by atoms with Crippen molar-refractivity contribution in [1.82, 2.24) is 34.2 Å². The van der Waals surface area contributed by atoms with Crippen molar-refractivity contribution in [1.29, 1.82) is 0 Å². The molecule has 0 amide bonds. The number of likely N-dealkylation sites (N-methyl/N-ethyl adjacent to an activating group) is 1. The standard InChI is InChI=1S/C16H21N7O2S/c1-2-22-9-10(21-26(24,25)11-3-4-11)7-13(22)16-20-19-14-8-18-15-12(23(14)16)5-6-17-15/h5-6,8,10-11,13,17,21H,2-4,7,9H2,1H3/t10-,13-/m1/s1. The van der Waals surface area contributed by atoms with Crippen LogP contribution in [0, 0.1) is 0 Å². The lowest BCUT2D eigenvalue weighted by Gasteiger charge is -2.20. The van der Waals surface area contributed by atoms with Crippen LogP contribution >= 0.6 is 0 Å². The minimum atomic E-state index is -3.20. The number of likely N-dealkylation sites (tertiary alicyclic amines) is 1. The van der Waals surface area contributed by atoms with Gasteiger partial charge in [0.25, 0.3) is 0 Å². The maximum atomic E-state index is 12.3. The molecule has 26 heavy (non-hydrogen) atoms. The van der Waals surface area contributed by atoms with Crippen molar-refractivity contribution in [2.75, 3.05) is 13.1 Å². The van der Waals surface area contributed by atoms with Gasteiger partial charge in [-0.1, -0.05) is 6.92 Å². The fourth-order valence-electron chi connectivity index (χ4n) is 3.93. The number of hydrogen-bond donors (Lipinski definition) is 2. The highest BCUT2D eigenvalue weighted by Crippen LogP contribution is 2.34. The van der Waals surface area contributed by atoms with Crippen LogP contribution in [0.3, 0.4) is 0 Å². The first-order valence-electron chi connectivity index (χ1n) is 8.99. The maximum Gasteiger partial charge on any atom is 0.214 e. The summed E-state index contributed by atoms with van der Waals surface area (Å²) in [7, 11) is -3.20. The van der Waals surface area contributed by atoms with Crippen LogP contribution in [0.25, 0.3) is 16.8 Å². The third-order valence-corrected chi connectivity index (χ3v) is 7.38. The van der Waals surface area contributed by atoms with Crippen LogP contribution in [0.2, 0.25) is 0 Å². The van der Waals surface area contributed by atoms with Gasteiger partial charge in [0.15, 0.2) is 17.1 Å². The highest BCUT2D eigenvalue weighted by atomic mass is 32.2. The zero-order valence-corrected chi connectivity index (χ0v) is 15.3. The molecule has 3 aromatic heterocycles. The average Bonchev–Trinajstić information content (AvgIpc) is 3.06. The molecule has 1 aliphatic heterocycles. The Labute approximate surface area is 150 Å². The molecule has 0 aromatic carbocycles. The number of aromatic amines is 1. The van der Waals surface area contributed by atoms with Gasteiger partial charge in [-0.15, -0.1) is 10.2 Å². The Hall–Kier alpha value is -2.04. The maximum absolute atomic E-state index is 12.3. The fourth-order valence-corrected chi connectivity index (χ4v) is 5.51. The van der Waals surface area contributed by atoms with E-state index >= 15 is 0 Å². The molecule has 1 aliphatic carbocycles. The molecule has 138 valence electrons. The summed E-state index contributed by atoms with van der Waals surface area (Å²) in [5.41, 5.74) is 2.41. The molecule has 10 heteroatoms. The summed E-state index contributed by atoms with van der Waals surface area (Å²) in [4.78, 5) is 9.72. The topological polar surface area (TPSA) is 108 Å². The van der Waals surface area contributed by atoms with E-state index in [9.17, 15) is 8.42 Å². The summed E-state index contributed by atoms with van der Waals surface area (Å²) in [6.45, 7) is 3.59. The SMILES string of the molecule is CCN1C[C@H](NS(=O)(=O)C2CC2)C[C@@H]1c1nnc2cnc3[nH]ccc3n12. The van der Waals surface area contributed by atoms with Crippen molar-refractivity contribution in [3.8, 4) is 0 Å². The van der Waals surface area contributed by atoms with Crippen molar-refractivity contribution in [2.45, 2.75) is 43.5 Å². The number of nitrogens with one attached hydrogen (secondary N) is 2. The molecule has 1 saturated carbocycles. The minimum absolute atomic E-state index is 0.0161. The lowest BCUT2D eigenvalue weighted by atomic mass is 10.1. The number of aromatic nitrogens is 5. The first-order chi connectivity index (χ1) is 12.6. The molecule has 5 rings (SSSR count). The Morgan fingerprint density at radius 1 is 1.35 bits per heavy atom. The molecule has 3 aromatic rings. The number of sulfonamides is 1. The summed E-state index contributed by atoms with van der Waals surface area (Å²) in [5, 5.41) is 8.50. The predicted molar refractivity (Wildman–Crippen MR) is 96.1 cm³/mol. The zero-order chi connectivity index (χ0) is 17.9. The molecular weight excluding hydrogens is 354 g/mol. The molecule has 2 atom stereocenters. The van der Waals surface area contributed by atoms with Gasteiger partial charge in [0.05, 0.1) is 23.0 Å². The smallest absolute Gasteiger partial charge is 0.214 e. The molecule has 0 spiro atoms. The van der Waals surface area contributed by atoms with Crippen LogP contribution in [-0.2, 0) is 10.0 Å². The van der Waals surface area contributed by atoms with Gasteiger partial charge in [0.2, 0.25) is 10.0 Å². The predicted octanol–water partition coefficient (Wildman–Crippen LogP) is 0.823. The molecule has 0 unspecified atom stereocenters. The van der Waals surface area contributed by atoms with E-state index in [1.54, 1.807) is 6.20 Å². The minimum Gasteiger partial charge on any atom is -0.345 e. The molecule has 2 fully saturated rings. The third-order valence-electron chi connectivity index (χ3n) is 5.37. The second kappa shape index (κ2) is 5.73. The Morgan fingerprint density at radius 2 is 2.19 bits per heavy atom. The number of hydrogen-bond acceptors (Lipinski definition) is 6. The van der Waals surface area contributed by atoms with Crippen molar-refractivity contribution in [3.05, 3.63) is 24.3 Å². The van der Waals surface area contributed by atoms with Gasteiger partial charge in [-0.2, -0.15) is 0 Å². The second-order valence-electron chi connectivity index (χ2n) is 7.12. The first kappa shape index (κ1) is 16.2. The number of H-pyrrole nitrogens is 1. The van der Waals surface area contributed by atoms with E-state index in [0.717, 1.165) is 36.4 Å². The number of fused-ring (bicyclic) bond motifs is 3. The van der Waals surface area contributed by atoms with E-state index in [2.05, 4.69) is 36.7 Å². The molecule has 1 saturated heterocycles. The van der Waals surface area contributed by atoms with E-state index in [1.165, 1.54) is 0 Å². The third kappa shape index (κ3) is 2.51. The van der Waals surface area contributed by atoms with E-state index in [4.69, 9.17) is 0 Å². The normalized spacial score (nSPS) is 24.8. The van der Waals surface area contributed by atoms with Crippen LogP contribution in [0.1, 0.15) is 38.1 Å². The summed E-state index contributed by atoms with van der Waals surface area (Å²) in [5.74, 6) is 0.835. The Kier molecular flexibility index (Phi) is 3.56. The summed E-state index contributed by atoms with van der Waals surface area (Å²) < 4.78 is 29.6. The van der Waals surface area contributed by atoms with E-state index in [-0.39, 0.29) is 17.3 Å². The van der Waals surface area contributed by atoms with Gasteiger partial charge in [-0.05, 0) is 31.9 Å². The van der Waals surface area contributed by atoms with Gasteiger partial charge in [0.1, 0.15) is 0 Å². The second-order valence-corrected chi connectivity index (χ2v) is 9.11. The Balaban J connectivity index is 1.50. The highest BCUT2D eigenvalue weighted by Gasteiger charge is 2.41. The van der Waals surface area contributed by atoms with Crippen LogP contribution in [0.15, 0.2) is 18.5 Å². The molecule has 4 heterocycles. The molecule has 2 aliphatic rings. The Bertz CT molecular complexity index is 1070. The molecule has 9 nitrogen and oxygen atoms in total. The van der Waals surface area contributed by atoms with Crippen molar-refractivity contribution in [3.63, 3.8) is 0 Å². The summed E-state index contributed by atoms with van der Waals surface area (Å²) >= 11 is 0. The van der Waals surface area contributed by atoms with Crippen molar-refractivity contribution >= 4 is 26.8 Å². The van der Waals surface area contributed by atoms with Crippen molar-refractivity contribution < 1.29 is 8.42 Å². The largest absolute Gasteiger partial charge is 0.345 e. The van der Waals surface area contributed by atoms with E-state index in [0.29, 0.717) is 18.6 Å². The first-order valence-corrected chi connectivity index (χ1v) is 10.5. The van der Waals surface area contributed by atoms with Crippen LogP contribution in [-0.4, -0.2) is 62.3 Å². The number of rotatable bonds is 5. The van der Waals surface area contributed by atoms with Gasteiger partial charge in [-0.3, -0.25) is 9.30 Å². The monoisotopic (exact) mass is 375 g/mol. The Morgan fingerprint density at radius 3 is 2.96 bits per heavy atom. The van der Waals surface area contributed by atoms with Gasteiger partial charge >= 0.3 is 0 Å². The average molecular weight is 375 g/mol. The van der Waals surface area contributed by atoms with Gasteiger partial charge < -0.3 is 4.98 Å². The molecule has 2 N–H and O–H groups in total. The van der Waals surface area contributed by atoms with Crippen molar-refractivity contribution in [2.24, 2.45) is 0 Å². The summed E-state index contributed by atoms with van der Waals surface area (Å²) in [6.07, 6.45) is 5.79. The quantitative estimate of drug-likeness (QED) is 0.684. The number of nitrogens with zero attached hydrogens (tertiary/aromatic N) is 5. The highest BCUT2D eigenvalue weighted by molar-refractivity contribution is 7.90. The summed E-state index contributed by atoms with van der Waals surface area (Å²) in [6, 6.07) is 1.88. The van der Waals surface area contributed by atoms with Gasteiger partial charge in [0, 0.05) is 18.8 Å². The van der Waals surface area contributed by atoms with Crippen LogP contribution in [0.5, 0.6) is 0 Å². The van der Waals surface area contributed by atoms with E-state index < -0.39 is 10.0 Å². The fraction of sp³-hybridized carbons (Fsp3) is 0.562. The molecular formula is C16H21N7O2S. The van der Waals surface area contributed by atoms with Gasteiger partial charge in [-0.25, -0.2) is 18.1 Å². The van der Waals surface area contributed by atoms with Crippen LogP contribution < -0.4 is 4.72 Å². The van der Waals surface area contributed by atoms with Crippen LogP contribution in [0.4, 0.5) is 0 Å². The molecule has 0 radical (unpaired) electrons. The lowest BCUT2D eigenvalue weighted by Crippen LogP contribution is -2.38. The molecule has 0 bridgehead atoms. The lowest BCUT2D eigenvalue weighted by molar-refractivity contribution is 0.260. The zero-order valence-electron chi connectivity index (χ0n) is 14.5.